The molecule has 1 fully saturated rings. The van der Waals surface area contributed by atoms with Crippen molar-refractivity contribution in [1.29, 1.82) is 0 Å². The van der Waals surface area contributed by atoms with Crippen molar-refractivity contribution in [2.24, 2.45) is 0 Å². The number of hydrogen-bond acceptors (Lipinski definition) is 3. The Labute approximate surface area is 122 Å². The van der Waals surface area contributed by atoms with E-state index in [1.54, 1.807) is 18.0 Å². The van der Waals surface area contributed by atoms with Crippen LogP contribution < -0.4 is 4.90 Å². The van der Waals surface area contributed by atoms with Gasteiger partial charge in [0.1, 0.15) is 6.54 Å². The molecular weight excluding hydrogens is 272 g/mol. The molecule has 0 saturated heterocycles. The van der Waals surface area contributed by atoms with Gasteiger partial charge in [-0.2, -0.15) is 0 Å². The minimum Gasteiger partial charge on any atom is -0.478 e. The number of benzene rings is 1. The lowest BCUT2D eigenvalue weighted by atomic mass is 10.1. The van der Waals surface area contributed by atoms with Crippen molar-refractivity contribution in [2.45, 2.75) is 25.3 Å². The third-order valence-electron chi connectivity index (χ3n) is 4.04. The number of amides is 2. The molecule has 2 aliphatic rings. The highest BCUT2D eigenvalue weighted by Gasteiger charge is 2.34. The molecule has 110 valence electrons. The Morgan fingerprint density at radius 1 is 1.38 bits per heavy atom. The van der Waals surface area contributed by atoms with Crippen LogP contribution in [0.15, 0.2) is 18.2 Å². The lowest BCUT2D eigenvalue weighted by molar-refractivity contribution is -0.130. The first kappa shape index (κ1) is 13.6. The first-order valence-electron chi connectivity index (χ1n) is 6.89. The van der Waals surface area contributed by atoms with Crippen molar-refractivity contribution in [2.75, 3.05) is 18.5 Å². The normalized spacial score (nSPS) is 16.8. The second kappa shape index (κ2) is 4.87. The van der Waals surface area contributed by atoms with Crippen molar-refractivity contribution in [3.8, 4) is 0 Å². The quantitative estimate of drug-likeness (QED) is 0.892. The molecule has 0 radical (unpaired) electrons. The van der Waals surface area contributed by atoms with Gasteiger partial charge >= 0.3 is 5.97 Å². The molecule has 3 rings (SSSR count). The van der Waals surface area contributed by atoms with E-state index in [2.05, 4.69) is 0 Å². The molecule has 1 aliphatic heterocycles. The topological polar surface area (TPSA) is 77.9 Å². The van der Waals surface area contributed by atoms with Gasteiger partial charge < -0.3 is 14.9 Å². The van der Waals surface area contributed by atoms with Crippen molar-refractivity contribution >= 4 is 23.5 Å². The van der Waals surface area contributed by atoms with E-state index in [9.17, 15) is 14.4 Å². The van der Waals surface area contributed by atoms with Gasteiger partial charge in [0.05, 0.1) is 12.0 Å². The average Bonchev–Trinajstić information content (AvgIpc) is 3.24. The number of nitrogens with zero attached hydrogens (tertiary/aromatic N) is 2. The van der Waals surface area contributed by atoms with Crippen LogP contribution in [-0.2, 0) is 16.0 Å². The maximum absolute atomic E-state index is 12.1. The third kappa shape index (κ3) is 2.49. The van der Waals surface area contributed by atoms with Crippen LogP contribution in [0.25, 0.3) is 0 Å². The average molecular weight is 288 g/mol. The number of anilines is 1. The van der Waals surface area contributed by atoms with Crippen molar-refractivity contribution in [3.63, 3.8) is 0 Å². The van der Waals surface area contributed by atoms with Crippen LogP contribution in [0.2, 0.25) is 0 Å². The summed E-state index contributed by atoms with van der Waals surface area (Å²) in [6, 6.07) is 4.88. The Morgan fingerprint density at radius 3 is 2.71 bits per heavy atom. The number of carbonyl (C=O) groups is 3. The summed E-state index contributed by atoms with van der Waals surface area (Å²) in [6.45, 7) is 0.0191. The number of carboxylic acid groups (broad SMARTS) is 1. The summed E-state index contributed by atoms with van der Waals surface area (Å²) >= 11 is 0. The molecule has 6 heteroatoms. The van der Waals surface area contributed by atoms with E-state index < -0.39 is 5.97 Å². The second-order valence-electron chi connectivity index (χ2n) is 5.54. The van der Waals surface area contributed by atoms with Crippen LogP contribution in [0.3, 0.4) is 0 Å². The summed E-state index contributed by atoms with van der Waals surface area (Å²) in [4.78, 5) is 38.3. The summed E-state index contributed by atoms with van der Waals surface area (Å²) in [5, 5.41) is 8.97. The Morgan fingerprint density at radius 2 is 2.10 bits per heavy atom. The van der Waals surface area contributed by atoms with Crippen LogP contribution in [0, 0.1) is 0 Å². The molecule has 0 atom stereocenters. The van der Waals surface area contributed by atoms with Gasteiger partial charge in [-0.25, -0.2) is 4.79 Å². The van der Waals surface area contributed by atoms with E-state index in [0.717, 1.165) is 12.8 Å². The van der Waals surface area contributed by atoms with Gasteiger partial charge in [0.25, 0.3) is 0 Å². The molecule has 1 saturated carbocycles. The van der Waals surface area contributed by atoms with Crippen LogP contribution in [0.1, 0.15) is 28.8 Å². The highest BCUT2D eigenvalue weighted by Crippen LogP contribution is 2.31. The van der Waals surface area contributed by atoms with E-state index in [-0.39, 0.29) is 30.3 Å². The van der Waals surface area contributed by atoms with Crippen LogP contribution in [-0.4, -0.2) is 47.4 Å². The van der Waals surface area contributed by atoms with Crippen molar-refractivity contribution in [1.82, 2.24) is 4.90 Å². The summed E-state index contributed by atoms with van der Waals surface area (Å²) in [6.07, 6.45) is 2.19. The molecule has 21 heavy (non-hydrogen) atoms. The first-order valence-corrected chi connectivity index (χ1v) is 6.89. The van der Waals surface area contributed by atoms with E-state index in [1.165, 1.54) is 17.0 Å². The number of carbonyl (C=O) groups excluding carboxylic acids is 2. The summed E-state index contributed by atoms with van der Waals surface area (Å²) < 4.78 is 0. The Balaban J connectivity index is 1.80. The van der Waals surface area contributed by atoms with Gasteiger partial charge in [-0.15, -0.1) is 0 Å². The molecule has 1 aromatic rings. The predicted molar refractivity (Wildman–Crippen MR) is 75.3 cm³/mol. The molecule has 1 N–H and O–H groups in total. The summed E-state index contributed by atoms with van der Waals surface area (Å²) in [5.74, 6) is -1.26. The molecule has 0 aromatic heterocycles. The molecule has 6 nitrogen and oxygen atoms in total. The summed E-state index contributed by atoms with van der Waals surface area (Å²) in [5.41, 5.74) is 1.47. The molecule has 0 unspecified atom stereocenters. The minimum atomic E-state index is -1.02. The lowest BCUT2D eigenvalue weighted by Gasteiger charge is -2.22. The van der Waals surface area contributed by atoms with Gasteiger partial charge in [0, 0.05) is 18.8 Å². The molecule has 1 aromatic carbocycles. The van der Waals surface area contributed by atoms with E-state index in [0.29, 0.717) is 17.3 Å². The first-order chi connectivity index (χ1) is 9.97. The largest absolute Gasteiger partial charge is 0.478 e. The van der Waals surface area contributed by atoms with Gasteiger partial charge in [0.15, 0.2) is 0 Å². The van der Waals surface area contributed by atoms with E-state index >= 15 is 0 Å². The Bertz CT molecular complexity index is 637. The number of carboxylic acids is 1. The predicted octanol–water partition coefficient (Wildman–Crippen LogP) is 0.895. The third-order valence-corrected chi connectivity index (χ3v) is 4.04. The zero-order chi connectivity index (χ0) is 15.1. The zero-order valence-corrected chi connectivity index (χ0v) is 11.7. The molecule has 0 spiro atoms. The fourth-order valence-corrected chi connectivity index (χ4v) is 2.60. The van der Waals surface area contributed by atoms with E-state index in [1.807, 2.05) is 0 Å². The number of aromatic carboxylic acids is 1. The second-order valence-corrected chi connectivity index (χ2v) is 5.54. The smallest absolute Gasteiger partial charge is 0.335 e. The molecular formula is C15H16N2O4. The monoisotopic (exact) mass is 288 g/mol. The highest BCUT2D eigenvalue weighted by molar-refractivity contribution is 6.05. The number of hydrogen-bond donors (Lipinski definition) is 1. The SMILES string of the molecule is CN(C(=O)CN1C(=O)Cc2cc(C(=O)O)ccc21)C1CC1. The zero-order valence-electron chi connectivity index (χ0n) is 11.7. The molecule has 1 aliphatic carbocycles. The molecule has 2 amide bonds. The van der Waals surface area contributed by atoms with Crippen LogP contribution in [0.4, 0.5) is 5.69 Å². The Kier molecular flexibility index (Phi) is 3.16. The summed E-state index contributed by atoms with van der Waals surface area (Å²) in [7, 11) is 1.76. The fraction of sp³-hybridized carbons (Fsp3) is 0.400. The number of rotatable bonds is 4. The fourth-order valence-electron chi connectivity index (χ4n) is 2.60. The van der Waals surface area contributed by atoms with E-state index in [4.69, 9.17) is 5.11 Å². The van der Waals surface area contributed by atoms with Crippen LogP contribution >= 0.6 is 0 Å². The number of fused-ring (bicyclic) bond motifs is 1. The number of likely N-dealkylation sites (N-methyl/N-ethyl adjacent to an activating group) is 1. The maximum Gasteiger partial charge on any atom is 0.335 e. The van der Waals surface area contributed by atoms with Crippen molar-refractivity contribution < 1.29 is 19.5 Å². The van der Waals surface area contributed by atoms with Gasteiger partial charge in [-0.05, 0) is 36.6 Å². The molecule has 0 bridgehead atoms. The molecule has 1 heterocycles. The van der Waals surface area contributed by atoms with Gasteiger partial charge in [-0.1, -0.05) is 0 Å². The lowest BCUT2D eigenvalue weighted by Crippen LogP contribution is -2.40. The van der Waals surface area contributed by atoms with Crippen LogP contribution in [0.5, 0.6) is 0 Å². The van der Waals surface area contributed by atoms with Gasteiger partial charge in [0.2, 0.25) is 11.8 Å². The maximum atomic E-state index is 12.1. The highest BCUT2D eigenvalue weighted by atomic mass is 16.4. The van der Waals surface area contributed by atoms with Gasteiger partial charge in [-0.3, -0.25) is 9.59 Å². The van der Waals surface area contributed by atoms with Crippen molar-refractivity contribution in [3.05, 3.63) is 29.3 Å². The standard InChI is InChI=1S/C15H16N2O4/c1-16(11-3-4-11)14(19)8-17-12-5-2-9(15(20)21)6-10(12)7-13(17)18/h2,5-6,11H,3-4,7-8H2,1H3,(H,20,21). The Hall–Kier alpha value is -2.37. The minimum absolute atomic E-state index is 0.0191.